The van der Waals surface area contributed by atoms with E-state index in [4.69, 9.17) is 0 Å². The van der Waals surface area contributed by atoms with Crippen LogP contribution in [0.3, 0.4) is 0 Å². The Morgan fingerprint density at radius 1 is 0.861 bits per heavy atom. The number of nitrogens with one attached hydrogen (secondary N) is 1. The number of nitrogens with zero attached hydrogens (tertiary/aromatic N) is 2. The van der Waals surface area contributed by atoms with E-state index in [-0.39, 0.29) is 11.7 Å². The van der Waals surface area contributed by atoms with E-state index in [1.165, 1.54) is 42.1 Å². The minimum atomic E-state index is -0.200. The molecule has 2 bridgehead atoms. The van der Waals surface area contributed by atoms with Gasteiger partial charge in [0.1, 0.15) is 5.82 Å². The standard InChI is InChI=1S/C31H32FN3O/c32-25-8-4-5-9-27(25)34-14-16-35(17-15-34)31(36)23-12-13-26-24(19-23)28-21-10-11-22(18-21)29(28)30(33-26)20-6-2-1-3-7-20/h1-9,12-13,19,21-22,28-30,33H,10-11,14-18H2/t21-,22+,28+,29-,30+/m0/s1. The van der Waals surface area contributed by atoms with Crippen molar-refractivity contribution in [3.05, 3.63) is 95.3 Å². The summed E-state index contributed by atoms with van der Waals surface area (Å²) >= 11 is 0. The molecule has 4 aliphatic rings. The molecule has 36 heavy (non-hydrogen) atoms. The summed E-state index contributed by atoms with van der Waals surface area (Å²) in [6.07, 6.45) is 3.95. The van der Waals surface area contributed by atoms with Gasteiger partial charge < -0.3 is 15.1 Å². The van der Waals surface area contributed by atoms with Crippen LogP contribution in [0.4, 0.5) is 15.8 Å². The van der Waals surface area contributed by atoms with Crippen molar-refractivity contribution >= 4 is 17.3 Å². The zero-order valence-electron chi connectivity index (χ0n) is 20.4. The molecule has 2 heterocycles. The Hall–Kier alpha value is -3.34. The molecule has 0 unspecified atom stereocenters. The Balaban J connectivity index is 1.14. The molecule has 7 rings (SSSR count). The molecule has 2 aliphatic carbocycles. The summed E-state index contributed by atoms with van der Waals surface area (Å²) < 4.78 is 14.2. The number of piperazine rings is 1. The maximum absolute atomic E-state index is 14.2. The molecule has 3 fully saturated rings. The van der Waals surface area contributed by atoms with E-state index in [9.17, 15) is 9.18 Å². The van der Waals surface area contributed by atoms with Crippen molar-refractivity contribution in [2.45, 2.75) is 31.2 Å². The number of hydrogen-bond donors (Lipinski definition) is 1. The van der Waals surface area contributed by atoms with E-state index in [0.29, 0.717) is 49.7 Å². The molecule has 1 amide bonds. The average molecular weight is 482 g/mol. The summed E-state index contributed by atoms with van der Waals surface area (Å²) in [6, 6.07) is 24.4. The molecule has 5 heteroatoms. The van der Waals surface area contributed by atoms with Crippen LogP contribution in [0.15, 0.2) is 72.8 Å². The second-order valence-corrected chi connectivity index (χ2v) is 11.0. The first kappa shape index (κ1) is 21.9. The molecule has 1 saturated heterocycles. The Labute approximate surface area is 212 Å². The highest BCUT2D eigenvalue weighted by molar-refractivity contribution is 5.95. The first-order valence-corrected chi connectivity index (χ1v) is 13.4. The predicted molar refractivity (Wildman–Crippen MR) is 141 cm³/mol. The van der Waals surface area contributed by atoms with Crippen LogP contribution in [0, 0.1) is 23.6 Å². The number of hydrogen-bond acceptors (Lipinski definition) is 3. The van der Waals surface area contributed by atoms with Gasteiger partial charge in [0.05, 0.1) is 11.7 Å². The van der Waals surface area contributed by atoms with Gasteiger partial charge >= 0.3 is 0 Å². The lowest BCUT2D eigenvalue weighted by Crippen LogP contribution is -2.49. The number of rotatable bonds is 3. The van der Waals surface area contributed by atoms with Gasteiger partial charge in [0.15, 0.2) is 0 Å². The van der Waals surface area contributed by atoms with Crippen molar-refractivity contribution in [3.63, 3.8) is 0 Å². The first-order valence-electron chi connectivity index (χ1n) is 13.4. The lowest BCUT2D eigenvalue weighted by Gasteiger charge is -2.44. The normalized spacial score (nSPS) is 28.4. The van der Waals surface area contributed by atoms with Crippen molar-refractivity contribution < 1.29 is 9.18 Å². The lowest BCUT2D eigenvalue weighted by atomic mass is 9.68. The number of benzene rings is 3. The highest BCUT2D eigenvalue weighted by Crippen LogP contribution is 2.63. The van der Waals surface area contributed by atoms with Gasteiger partial charge in [0.25, 0.3) is 5.91 Å². The van der Waals surface area contributed by atoms with Gasteiger partial charge in [-0.15, -0.1) is 0 Å². The number of amides is 1. The fourth-order valence-electron chi connectivity index (χ4n) is 7.65. The quantitative estimate of drug-likeness (QED) is 0.492. The topological polar surface area (TPSA) is 35.6 Å². The van der Waals surface area contributed by atoms with Gasteiger partial charge in [0, 0.05) is 37.4 Å². The molecule has 3 aromatic rings. The third-order valence-corrected chi connectivity index (χ3v) is 9.25. The van der Waals surface area contributed by atoms with Crippen LogP contribution in [0.1, 0.15) is 52.7 Å². The van der Waals surface area contributed by atoms with Crippen molar-refractivity contribution in [2.24, 2.45) is 17.8 Å². The molecule has 5 atom stereocenters. The predicted octanol–water partition coefficient (Wildman–Crippen LogP) is 6.08. The van der Waals surface area contributed by atoms with E-state index >= 15 is 0 Å². The Morgan fingerprint density at radius 3 is 2.42 bits per heavy atom. The van der Waals surface area contributed by atoms with Crippen LogP contribution >= 0.6 is 0 Å². The fourth-order valence-corrected chi connectivity index (χ4v) is 7.65. The molecular formula is C31H32FN3O. The van der Waals surface area contributed by atoms with Gasteiger partial charge in [-0.1, -0.05) is 42.5 Å². The van der Waals surface area contributed by atoms with E-state index in [1.54, 1.807) is 6.07 Å². The van der Waals surface area contributed by atoms with Crippen LogP contribution in [0.5, 0.6) is 0 Å². The van der Waals surface area contributed by atoms with Crippen molar-refractivity contribution in [1.29, 1.82) is 0 Å². The number of carbonyl (C=O) groups excluding carboxylic acids is 1. The molecule has 0 aromatic heterocycles. The third kappa shape index (κ3) is 3.51. The average Bonchev–Trinajstić information content (AvgIpc) is 3.56. The number of halogens is 1. The van der Waals surface area contributed by atoms with Crippen LogP contribution < -0.4 is 10.2 Å². The summed E-state index contributed by atoms with van der Waals surface area (Å²) in [5.74, 6) is 2.49. The summed E-state index contributed by atoms with van der Waals surface area (Å²) in [6.45, 7) is 2.50. The third-order valence-electron chi connectivity index (χ3n) is 9.25. The summed E-state index contributed by atoms with van der Waals surface area (Å²) in [5, 5.41) is 3.88. The molecule has 1 N–H and O–H groups in total. The molecule has 2 aliphatic heterocycles. The maximum atomic E-state index is 14.2. The highest BCUT2D eigenvalue weighted by atomic mass is 19.1. The fraction of sp³-hybridized carbons (Fsp3) is 0.387. The van der Waals surface area contributed by atoms with Crippen LogP contribution in [0.25, 0.3) is 0 Å². The summed E-state index contributed by atoms with van der Waals surface area (Å²) in [5.41, 5.74) is 5.32. The molecule has 0 spiro atoms. The SMILES string of the molecule is O=C(c1ccc2c(c1)[C@H]1[C@H]3CC[C@H](C3)[C@@H]1[C@@H](c1ccccc1)N2)N1CCN(c2ccccc2F)CC1. The van der Waals surface area contributed by atoms with Gasteiger partial charge in [-0.25, -0.2) is 4.39 Å². The first-order chi connectivity index (χ1) is 17.7. The second kappa shape index (κ2) is 8.65. The van der Waals surface area contributed by atoms with E-state index in [0.717, 1.165) is 17.4 Å². The molecule has 0 radical (unpaired) electrons. The lowest BCUT2D eigenvalue weighted by molar-refractivity contribution is 0.0746. The van der Waals surface area contributed by atoms with E-state index in [2.05, 4.69) is 47.8 Å². The summed E-state index contributed by atoms with van der Waals surface area (Å²) in [7, 11) is 0. The van der Waals surface area contributed by atoms with Gasteiger partial charge in [-0.05, 0) is 84.4 Å². The Morgan fingerprint density at radius 2 is 1.61 bits per heavy atom. The Kier molecular flexibility index (Phi) is 5.26. The zero-order valence-corrected chi connectivity index (χ0v) is 20.4. The van der Waals surface area contributed by atoms with Gasteiger partial charge in [-0.3, -0.25) is 4.79 Å². The minimum absolute atomic E-state index is 0.0934. The van der Waals surface area contributed by atoms with Crippen LogP contribution in [-0.2, 0) is 0 Å². The number of anilines is 2. The minimum Gasteiger partial charge on any atom is -0.378 e. The maximum Gasteiger partial charge on any atom is 0.253 e. The zero-order chi connectivity index (χ0) is 24.2. The second-order valence-electron chi connectivity index (χ2n) is 11.0. The van der Waals surface area contributed by atoms with Gasteiger partial charge in [0.2, 0.25) is 0 Å². The van der Waals surface area contributed by atoms with Crippen molar-refractivity contribution in [2.75, 3.05) is 36.4 Å². The monoisotopic (exact) mass is 481 g/mol. The highest BCUT2D eigenvalue weighted by Gasteiger charge is 2.53. The van der Waals surface area contributed by atoms with Gasteiger partial charge in [-0.2, -0.15) is 0 Å². The van der Waals surface area contributed by atoms with E-state index < -0.39 is 0 Å². The molecule has 3 aromatic carbocycles. The molecule has 2 saturated carbocycles. The number of carbonyl (C=O) groups is 1. The Bertz CT molecular complexity index is 1290. The van der Waals surface area contributed by atoms with E-state index in [1.807, 2.05) is 28.0 Å². The number of para-hydroxylation sites is 1. The van der Waals surface area contributed by atoms with Crippen molar-refractivity contribution in [1.82, 2.24) is 4.90 Å². The van der Waals surface area contributed by atoms with Crippen LogP contribution in [0.2, 0.25) is 0 Å². The molecule has 4 nitrogen and oxygen atoms in total. The molecule has 184 valence electrons. The summed E-state index contributed by atoms with van der Waals surface area (Å²) in [4.78, 5) is 17.5. The molecular weight excluding hydrogens is 449 g/mol. The largest absolute Gasteiger partial charge is 0.378 e. The van der Waals surface area contributed by atoms with Crippen molar-refractivity contribution in [3.8, 4) is 0 Å². The number of fused-ring (bicyclic) bond motifs is 7. The smallest absolute Gasteiger partial charge is 0.253 e. The van der Waals surface area contributed by atoms with Crippen LogP contribution in [-0.4, -0.2) is 37.0 Å².